The Morgan fingerprint density at radius 3 is 2.11 bits per heavy atom. The van der Waals surface area contributed by atoms with Crippen molar-refractivity contribution in [1.82, 2.24) is 10.2 Å². The summed E-state index contributed by atoms with van der Waals surface area (Å²) in [4.78, 5) is 30.0. The van der Waals surface area contributed by atoms with Gasteiger partial charge in [-0.05, 0) is 74.2 Å². The van der Waals surface area contributed by atoms with E-state index in [1.807, 2.05) is 57.2 Å². The number of rotatable bonds is 13. The minimum Gasteiger partial charge on any atom is -0.352 e. The van der Waals surface area contributed by atoms with Gasteiger partial charge in [0.15, 0.2) is 0 Å². The maximum absolute atomic E-state index is 14.6. The number of aryl methyl sites for hydroxylation is 2. The van der Waals surface area contributed by atoms with Crippen molar-refractivity contribution in [3.05, 3.63) is 129 Å². The van der Waals surface area contributed by atoms with E-state index in [1.54, 1.807) is 55.5 Å². The van der Waals surface area contributed by atoms with Crippen LogP contribution in [0.1, 0.15) is 42.5 Å². The lowest BCUT2D eigenvalue weighted by Crippen LogP contribution is -2.54. The minimum absolute atomic E-state index is 0.00661. The van der Waals surface area contributed by atoms with Gasteiger partial charge >= 0.3 is 0 Å². The standard InChI is InChI=1S/C36H39Cl2N3O4S/c1-5-27(4)39-36(43)34(22-28-12-7-6-8-13-28)40(23-29-17-20-31(37)32(38)21-29)35(42)24-41(33-14-10-9-11-26(33)3)46(44,45)30-18-15-25(2)16-19-30/h6-21,27,34H,5,22-24H2,1-4H3,(H,39,43)/t27-,34+/m0/s1. The molecule has 2 amide bonds. The fourth-order valence-corrected chi connectivity index (χ4v) is 6.82. The SMILES string of the molecule is CC[C@H](C)NC(=O)[C@@H](Cc1ccccc1)N(Cc1ccc(Cl)c(Cl)c1)C(=O)CN(c1ccccc1C)S(=O)(=O)c1ccc(C)cc1. The highest BCUT2D eigenvalue weighted by Gasteiger charge is 2.35. The second-order valence-electron chi connectivity index (χ2n) is 11.4. The van der Waals surface area contributed by atoms with E-state index < -0.39 is 28.5 Å². The van der Waals surface area contributed by atoms with Crippen LogP contribution in [0.4, 0.5) is 5.69 Å². The van der Waals surface area contributed by atoms with E-state index in [-0.39, 0.29) is 29.8 Å². The summed E-state index contributed by atoms with van der Waals surface area (Å²) in [6, 6.07) is 26.9. The average molecular weight is 681 g/mol. The molecule has 0 fully saturated rings. The first-order valence-electron chi connectivity index (χ1n) is 15.1. The first-order valence-corrected chi connectivity index (χ1v) is 17.3. The molecule has 242 valence electrons. The fraction of sp³-hybridized carbons (Fsp3) is 0.278. The normalized spacial score (nSPS) is 12.7. The molecule has 0 heterocycles. The predicted octanol–water partition coefficient (Wildman–Crippen LogP) is 7.36. The number of para-hydroxylation sites is 1. The molecule has 10 heteroatoms. The van der Waals surface area contributed by atoms with E-state index in [0.29, 0.717) is 33.3 Å². The van der Waals surface area contributed by atoms with E-state index in [9.17, 15) is 18.0 Å². The molecule has 4 aromatic rings. The average Bonchev–Trinajstić information content (AvgIpc) is 3.04. The summed E-state index contributed by atoms with van der Waals surface area (Å²) in [5.74, 6) is -0.888. The Morgan fingerprint density at radius 1 is 0.826 bits per heavy atom. The summed E-state index contributed by atoms with van der Waals surface area (Å²) < 4.78 is 29.6. The number of halogens is 2. The van der Waals surface area contributed by atoms with Crippen LogP contribution in [-0.4, -0.2) is 43.8 Å². The Hall–Kier alpha value is -3.85. The molecular weight excluding hydrogens is 641 g/mol. The van der Waals surface area contributed by atoms with E-state index in [1.165, 1.54) is 17.0 Å². The van der Waals surface area contributed by atoms with Crippen LogP contribution in [0, 0.1) is 13.8 Å². The highest BCUT2D eigenvalue weighted by molar-refractivity contribution is 7.92. The molecule has 1 N–H and O–H groups in total. The van der Waals surface area contributed by atoms with Gasteiger partial charge in [-0.2, -0.15) is 0 Å². The molecule has 0 aliphatic heterocycles. The van der Waals surface area contributed by atoms with Gasteiger partial charge in [0.05, 0.1) is 20.6 Å². The Labute approximate surface area is 282 Å². The number of carbonyl (C=O) groups is 2. The maximum Gasteiger partial charge on any atom is 0.264 e. The monoisotopic (exact) mass is 679 g/mol. The van der Waals surface area contributed by atoms with Gasteiger partial charge in [0.25, 0.3) is 10.0 Å². The smallest absolute Gasteiger partial charge is 0.264 e. The number of amides is 2. The summed E-state index contributed by atoms with van der Waals surface area (Å²) >= 11 is 12.5. The van der Waals surface area contributed by atoms with Crippen molar-refractivity contribution in [2.24, 2.45) is 0 Å². The van der Waals surface area contributed by atoms with Gasteiger partial charge in [0, 0.05) is 19.0 Å². The van der Waals surface area contributed by atoms with Gasteiger partial charge in [-0.15, -0.1) is 0 Å². The number of sulfonamides is 1. The Balaban J connectivity index is 1.83. The largest absolute Gasteiger partial charge is 0.352 e. The van der Waals surface area contributed by atoms with Crippen LogP contribution in [0.15, 0.2) is 102 Å². The number of benzene rings is 4. The summed E-state index contributed by atoms with van der Waals surface area (Å²) in [5.41, 5.74) is 3.44. The molecule has 0 spiro atoms. The lowest BCUT2D eigenvalue weighted by atomic mass is 10.0. The predicted molar refractivity (Wildman–Crippen MR) is 186 cm³/mol. The maximum atomic E-state index is 14.6. The molecular formula is C36H39Cl2N3O4S. The third-order valence-electron chi connectivity index (χ3n) is 7.88. The van der Waals surface area contributed by atoms with E-state index >= 15 is 0 Å². The first-order chi connectivity index (χ1) is 21.9. The lowest BCUT2D eigenvalue weighted by molar-refractivity contribution is -0.140. The van der Waals surface area contributed by atoms with Crippen molar-refractivity contribution >= 4 is 50.7 Å². The number of nitrogens with zero attached hydrogens (tertiary/aromatic N) is 2. The van der Waals surface area contributed by atoms with Gasteiger partial charge < -0.3 is 10.2 Å². The summed E-state index contributed by atoms with van der Waals surface area (Å²) in [5, 5.41) is 3.69. The van der Waals surface area contributed by atoms with Crippen LogP contribution in [0.3, 0.4) is 0 Å². The summed E-state index contributed by atoms with van der Waals surface area (Å²) in [6.07, 6.45) is 0.908. The van der Waals surface area contributed by atoms with Gasteiger partial charge in [-0.3, -0.25) is 13.9 Å². The van der Waals surface area contributed by atoms with Gasteiger partial charge in [0.1, 0.15) is 12.6 Å². The second-order valence-corrected chi connectivity index (χ2v) is 14.1. The van der Waals surface area contributed by atoms with Crippen molar-refractivity contribution in [3.8, 4) is 0 Å². The van der Waals surface area contributed by atoms with Crippen LogP contribution in [0.2, 0.25) is 10.0 Å². The third-order valence-corrected chi connectivity index (χ3v) is 10.4. The molecule has 2 atom stereocenters. The zero-order valence-electron chi connectivity index (χ0n) is 26.4. The molecule has 0 unspecified atom stereocenters. The highest BCUT2D eigenvalue weighted by Crippen LogP contribution is 2.29. The third kappa shape index (κ3) is 8.69. The molecule has 4 aromatic carbocycles. The van der Waals surface area contributed by atoms with Crippen LogP contribution >= 0.6 is 23.2 Å². The molecule has 0 saturated heterocycles. The molecule has 7 nitrogen and oxygen atoms in total. The Morgan fingerprint density at radius 2 is 1.48 bits per heavy atom. The zero-order valence-corrected chi connectivity index (χ0v) is 28.7. The topological polar surface area (TPSA) is 86.8 Å². The molecule has 0 saturated carbocycles. The highest BCUT2D eigenvalue weighted by atomic mass is 35.5. The number of hydrogen-bond donors (Lipinski definition) is 1. The fourth-order valence-electron chi connectivity index (χ4n) is 5.02. The number of hydrogen-bond acceptors (Lipinski definition) is 4. The van der Waals surface area contributed by atoms with Crippen molar-refractivity contribution in [2.75, 3.05) is 10.8 Å². The molecule has 0 aromatic heterocycles. The quantitative estimate of drug-likeness (QED) is 0.160. The van der Waals surface area contributed by atoms with Gasteiger partial charge in [0.2, 0.25) is 11.8 Å². The summed E-state index contributed by atoms with van der Waals surface area (Å²) in [6.45, 7) is 6.99. The Kier molecular flexibility index (Phi) is 11.9. The second kappa shape index (κ2) is 15.6. The van der Waals surface area contributed by atoms with Crippen LogP contribution in [-0.2, 0) is 32.6 Å². The van der Waals surface area contributed by atoms with Gasteiger partial charge in [-0.25, -0.2) is 8.42 Å². The Bertz CT molecular complexity index is 1770. The van der Waals surface area contributed by atoms with Crippen molar-refractivity contribution in [1.29, 1.82) is 0 Å². The number of anilines is 1. The number of nitrogens with one attached hydrogen (secondary N) is 1. The molecule has 0 aliphatic carbocycles. The molecule has 0 bridgehead atoms. The van der Waals surface area contributed by atoms with Crippen molar-refractivity contribution in [2.45, 2.75) is 64.1 Å². The van der Waals surface area contributed by atoms with Crippen LogP contribution in [0.5, 0.6) is 0 Å². The molecule has 4 rings (SSSR count). The van der Waals surface area contributed by atoms with Crippen LogP contribution < -0.4 is 9.62 Å². The molecule has 0 aliphatic rings. The van der Waals surface area contributed by atoms with Gasteiger partial charge in [-0.1, -0.05) is 102 Å². The first kappa shape index (κ1) is 35.0. The van der Waals surface area contributed by atoms with E-state index in [2.05, 4.69) is 5.32 Å². The molecule has 46 heavy (non-hydrogen) atoms. The minimum atomic E-state index is -4.19. The van der Waals surface area contributed by atoms with Crippen LogP contribution in [0.25, 0.3) is 0 Å². The van der Waals surface area contributed by atoms with E-state index in [4.69, 9.17) is 23.2 Å². The lowest BCUT2D eigenvalue weighted by Gasteiger charge is -2.34. The van der Waals surface area contributed by atoms with E-state index in [0.717, 1.165) is 15.4 Å². The number of carbonyl (C=O) groups excluding carboxylic acids is 2. The van der Waals surface area contributed by atoms with Crippen molar-refractivity contribution < 1.29 is 18.0 Å². The zero-order chi connectivity index (χ0) is 33.4. The molecule has 0 radical (unpaired) electrons. The van der Waals surface area contributed by atoms with Crippen molar-refractivity contribution in [3.63, 3.8) is 0 Å². The summed E-state index contributed by atoms with van der Waals surface area (Å²) in [7, 11) is -4.19.